The molecular weight excluding hydrogens is 368 g/mol. The van der Waals surface area contributed by atoms with E-state index in [0.717, 1.165) is 12.8 Å². The topological polar surface area (TPSA) is 49.4 Å². The molecule has 0 aromatic heterocycles. The Kier molecular flexibility index (Phi) is 6.14. The SMILES string of the molecule is CC(C)(C)c1ccc(C(=O)NC2CCN(C(=O)c3ccccc3S)CC2)cc1. The summed E-state index contributed by atoms with van der Waals surface area (Å²) in [6.07, 6.45) is 1.51. The van der Waals surface area contributed by atoms with Crippen molar-refractivity contribution in [3.05, 3.63) is 65.2 Å². The molecule has 0 spiro atoms. The summed E-state index contributed by atoms with van der Waals surface area (Å²) in [5, 5.41) is 3.11. The lowest BCUT2D eigenvalue weighted by Gasteiger charge is -2.32. The van der Waals surface area contributed by atoms with Crippen LogP contribution in [0.4, 0.5) is 0 Å². The highest BCUT2D eigenvalue weighted by atomic mass is 32.1. The second-order valence-corrected chi connectivity index (χ2v) is 8.87. The number of thiol groups is 1. The van der Waals surface area contributed by atoms with E-state index in [0.29, 0.717) is 29.1 Å². The Morgan fingerprint density at radius 1 is 1.00 bits per heavy atom. The molecule has 1 aliphatic rings. The minimum absolute atomic E-state index is 0.00754. The lowest BCUT2D eigenvalue weighted by atomic mass is 9.86. The van der Waals surface area contributed by atoms with Crippen LogP contribution in [0, 0.1) is 0 Å². The van der Waals surface area contributed by atoms with Gasteiger partial charge in [0, 0.05) is 29.6 Å². The number of nitrogens with one attached hydrogen (secondary N) is 1. The molecule has 1 N–H and O–H groups in total. The van der Waals surface area contributed by atoms with E-state index in [1.165, 1.54) is 5.56 Å². The molecule has 3 rings (SSSR count). The maximum absolute atomic E-state index is 12.7. The monoisotopic (exact) mass is 396 g/mol. The number of nitrogens with zero attached hydrogens (tertiary/aromatic N) is 1. The van der Waals surface area contributed by atoms with Crippen LogP contribution in [0.3, 0.4) is 0 Å². The van der Waals surface area contributed by atoms with Gasteiger partial charge in [-0.3, -0.25) is 9.59 Å². The maximum Gasteiger partial charge on any atom is 0.254 e. The van der Waals surface area contributed by atoms with Crippen LogP contribution in [0.1, 0.15) is 59.9 Å². The molecule has 0 atom stereocenters. The average molecular weight is 397 g/mol. The van der Waals surface area contributed by atoms with Crippen molar-refractivity contribution in [3.8, 4) is 0 Å². The van der Waals surface area contributed by atoms with E-state index in [4.69, 9.17) is 0 Å². The highest BCUT2D eigenvalue weighted by Crippen LogP contribution is 2.23. The number of benzene rings is 2. The molecule has 148 valence electrons. The van der Waals surface area contributed by atoms with Gasteiger partial charge >= 0.3 is 0 Å². The van der Waals surface area contributed by atoms with Crippen molar-refractivity contribution < 1.29 is 9.59 Å². The average Bonchev–Trinajstić information content (AvgIpc) is 2.68. The standard InChI is InChI=1S/C23H28N2O2S/c1-23(2,3)17-10-8-16(9-11-17)21(26)24-18-12-14-25(15-13-18)22(27)19-6-4-5-7-20(19)28/h4-11,18,28H,12-15H2,1-3H3,(H,24,26). The summed E-state index contributed by atoms with van der Waals surface area (Å²) in [5.74, 6) is -0.0425. The van der Waals surface area contributed by atoms with Gasteiger partial charge in [-0.05, 0) is 48.1 Å². The molecule has 1 fully saturated rings. The molecule has 0 aliphatic carbocycles. The fourth-order valence-corrected chi connectivity index (χ4v) is 3.70. The van der Waals surface area contributed by atoms with E-state index < -0.39 is 0 Å². The number of likely N-dealkylation sites (tertiary alicyclic amines) is 1. The smallest absolute Gasteiger partial charge is 0.254 e. The number of hydrogen-bond acceptors (Lipinski definition) is 3. The molecule has 2 amide bonds. The van der Waals surface area contributed by atoms with Crippen LogP contribution < -0.4 is 5.32 Å². The van der Waals surface area contributed by atoms with Gasteiger partial charge in [0.2, 0.25) is 0 Å². The van der Waals surface area contributed by atoms with Crippen LogP contribution in [0.15, 0.2) is 53.4 Å². The van der Waals surface area contributed by atoms with Gasteiger partial charge in [-0.1, -0.05) is 45.0 Å². The van der Waals surface area contributed by atoms with Crippen LogP contribution in [0.5, 0.6) is 0 Å². The predicted octanol–water partition coefficient (Wildman–Crippen LogP) is 4.31. The minimum atomic E-state index is -0.0501. The van der Waals surface area contributed by atoms with Crippen LogP contribution >= 0.6 is 12.6 Å². The number of carbonyl (C=O) groups excluding carboxylic acids is 2. The molecule has 4 nitrogen and oxygen atoms in total. The largest absolute Gasteiger partial charge is 0.349 e. The molecule has 0 bridgehead atoms. The summed E-state index contributed by atoms with van der Waals surface area (Å²) in [7, 11) is 0. The Bertz CT molecular complexity index is 848. The Labute approximate surface area is 172 Å². The Morgan fingerprint density at radius 2 is 1.61 bits per heavy atom. The van der Waals surface area contributed by atoms with Gasteiger partial charge in [-0.15, -0.1) is 12.6 Å². The zero-order chi connectivity index (χ0) is 20.3. The van der Waals surface area contributed by atoms with E-state index in [-0.39, 0.29) is 23.3 Å². The highest BCUT2D eigenvalue weighted by Gasteiger charge is 2.25. The zero-order valence-corrected chi connectivity index (χ0v) is 17.6. The number of amides is 2. The van der Waals surface area contributed by atoms with Crippen molar-refractivity contribution in [1.82, 2.24) is 10.2 Å². The molecule has 0 saturated carbocycles. The Morgan fingerprint density at radius 3 is 2.18 bits per heavy atom. The van der Waals surface area contributed by atoms with Crippen LogP contribution in [-0.4, -0.2) is 35.8 Å². The normalized spacial score (nSPS) is 15.4. The third-order valence-corrected chi connectivity index (χ3v) is 5.65. The summed E-state index contributed by atoms with van der Waals surface area (Å²) >= 11 is 4.38. The molecule has 1 heterocycles. The third kappa shape index (κ3) is 4.76. The van der Waals surface area contributed by atoms with Gasteiger partial charge in [0.15, 0.2) is 0 Å². The predicted molar refractivity (Wildman–Crippen MR) is 115 cm³/mol. The lowest BCUT2D eigenvalue weighted by molar-refractivity contribution is 0.0695. The summed E-state index contributed by atoms with van der Waals surface area (Å²) in [6, 6.07) is 15.3. The van der Waals surface area contributed by atoms with Crippen LogP contribution in [0.25, 0.3) is 0 Å². The molecular formula is C23H28N2O2S. The first-order valence-electron chi connectivity index (χ1n) is 9.74. The van der Waals surface area contributed by atoms with Crippen LogP contribution in [-0.2, 0) is 5.41 Å². The van der Waals surface area contributed by atoms with Crippen molar-refractivity contribution in [1.29, 1.82) is 0 Å². The number of rotatable bonds is 3. The number of hydrogen-bond donors (Lipinski definition) is 2. The van der Waals surface area contributed by atoms with Gasteiger partial charge < -0.3 is 10.2 Å². The molecule has 5 heteroatoms. The second-order valence-electron chi connectivity index (χ2n) is 8.38. The van der Waals surface area contributed by atoms with Gasteiger partial charge in [0.25, 0.3) is 11.8 Å². The van der Waals surface area contributed by atoms with Crippen molar-refractivity contribution in [3.63, 3.8) is 0 Å². The first-order chi connectivity index (χ1) is 13.3. The van der Waals surface area contributed by atoms with Crippen molar-refractivity contribution in [2.24, 2.45) is 0 Å². The second kappa shape index (κ2) is 8.39. The van der Waals surface area contributed by atoms with Crippen molar-refractivity contribution in [2.45, 2.75) is 50.0 Å². The number of piperidine rings is 1. The van der Waals surface area contributed by atoms with Gasteiger partial charge in [0.1, 0.15) is 0 Å². The number of carbonyl (C=O) groups is 2. The Balaban J connectivity index is 1.55. The van der Waals surface area contributed by atoms with E-state index >= 15 is 0 Å². The lowest BCUT2D eigenvalue weighted by Crippen LogP contribution is -2.46. The van der Waals surface area contributed by atoms with E-state index in [1.54, 1.807) is 6.07 Å². The van der Waals surface area contributed by atoms with E-state index in [9.17, 15) is 9.59 Å². The fourth-order valence-electron chi connectivity index (χ4n) is 3.44. The molecule has 28 heavy (non-hydrogen) atoms. The summed E-state index contributed by atoms with van der Waals surface area (Å²) in [4.78, 5) is 27.8. The quantitative estimate of drug-likeness (QED) is 0.760. The van der Waals surface area contributed by atoms with E-state index in [1.807, 2.05) is 47.4 Å². The fraction of sp³-hybridized carbons (Fsp3) is 0.391. The highest BCUT2D eigenvalue weighted by molar-refractivity contribution is 7.80. The zero-order valence-electron chi connectivity index (χ0n) is 16.7. The first-order valence-corrected chi connectivity index (χ1v) is 10.2. The molecule has 0 unspecified atom stereocenters. The first kappa shape index (κ1) is 20.5. The molecule has 0 radical (unpaired) electrons. The van der Waals surface area contributed by atoms with Crippen molar-refractivity contribution >= 4 is 24.4 Å². The summed E-state index contributed by atoms with van der Waals surface area (Å²) in [6.45, 7) is 7.74. The maximum atomic E-state index is 12.7. The molecule has 2 aromatic rings. The van der Waals surface area contributed by atoms with Gasteiger partial charge in [0.05, 0.1) is 5.56 Å². The van der Waals surface area contributed by atoms with Crippen molar-refractivity contribution in [2.75, 3.05) is 13.1 Å². The summed E-state index contributed by atoms with van der Waals surface area (Å²) in [5.41, 5.74) is 2.59. The third-order valence-electron chi connectivity index (χ3n) is 5.26. The minimum Gasteiger partial charge on any atom is -0.349 e. The van der Waals surface area contributed by atoms with Crippen LogP contribution in [0.2, 0.25) is 0 Å². The molecule has 1 aliphatic heterocycles. The van der Waals surface area contributed by atoms with Gasteiger partial charge in [-0.2, -0.15) is 0 Å². The molecule has 1 saturated heterocycles. The van der Waals surface area contributed by atoms with Gasteiger partial charge in [-0.25, -0.2) is 0 Å². The Hall–Kier alpha value is -2.27. The summed E-state index contributed by atoms with van der Waals surface area (Å²) < 4.78 is 0. The van der Waals surface area contributed by atoms with E-state index in [2.05, 4.69) is 38.7 Å². The molecule has 2 aromatic carbocycles.